The van der Waals surface area contributed by atoms with Gasteiger partial charge in [-0.1, -0.05) is 24.3 Å². The quantitative estimate of drug-likeness (QED) is 0.677. The van der Waals surface area contributed by atoms with Gasteiger partial charge in [0, 0.05) is 11.8 Å². The number of hydrogen-bond donors (Lipinski definition) is 0. The van der Waals surface area contributed by atoms with Crippen LogP contribution in [0.2, 0.25) is 0 Å². The molecule has 1 aromatic carbocycles. The number of alkyl halides is 4. The highest BCUT2D eigenvalue weighted by molar-refractivity contribution is 5.60. The van der Waals surface area contributed by atoms with Crippen molar-refractivity contribution in [3.63, 3.8) is 0 Å². The fourth-order valence-electron chi connectivity index (χ4n) is 2.18. The lowest BCUT2D eigenvalue weighted by atomic mass is 10.1. The summed E-state index contributed by atoms with van der Waals surface area (Å²) in [7, 11) is 0. The van der Waals surface area contributed by atoms with Crippen molar-refractivity contribution >= 4 is 5.65 Å². The van der Waals surface area contributed by atoms with Crippen molar-refractivity contribution in [2.75, 3.05) is 0 Å². The molecule has 0 fully saturated rings. The van der Waals surface area contributed by atoms with Crippen LogP contribution in [-0.4, -0.2) is 25.9 Å². The first kappa shape index (κ1) is 16.3. The summed E-state index contributed by atoms with van der Waals surface area (Å²) in [6, 6.07) is 6.26. The summed E-state index contributed by atoms with van der Waals surface area (Å²) in [4.78, 5) is 4.21. The molecule has 3 rings (SSSR count). The minimum Gasteiger partial charge on any atom is -0.287 e. The van der Waals surface area contributed by atoms with Crippen molar-refractivity contribution in [2.45, 2.75) is 26.1 Å². The van der Waals surface area contributed by atoms with Crippen LogP contribution in [0, 0.1) is 0 Å². The lowest BCUT2D eigenvalue weighted by Crippen LogP contribution is -2.12. The average Bonchev–Trinajstić information content (AvgIpc) is 2.96. The van der Waals surface area contributed by atoms with E-state index >= 15 is 0 Å². The lowest BCUT2D eigenvalue weighted by molar-refractivity contribution is -0.330. The van der Waals surface area contributed by atoms with E-state index in [1.165, 1.54) is 29.7 Å². The Labute approximate surface area is 133 Å². The van der Waals surface area contributed by atoms with Gasteiger partial charge in [-0.3, -0.25) is 14.1 Å². The third-order valence-corrected chi connectivity index (χ3v) is 3.33. The third kappa shape index (κ3) is 3.51. The number of halogens is 4. The molecule has 0 amide bonds. The fraction of sp³-hybridized carbons (Fsp3) is 0.267. The zero-order valence-electron chi connectivity index (χ0n) is 12.5. The Hall–Kier alpha value is -2.55. The molecule has 0 aliphatic carbocycles. The van der Waals surface area contributed by atoms with E-state index in [1.54, 1.807) is 18.3 Å². The average molecular weight is 340 g/mol. The number of hydrogen-bond acceptors (Lipinski definition) is 4. The van der Waals surface area contributed by atoms with Gasteiger partial charge >= 0.3 is 6.36 Å². The Balaban J connectivity index is 1.86. The number of aromatic nitrogens is 4. The van der Waals surface area contributed by atoms with E-state index in [4.69, 9.17) is 0 Å². The normalized spacial score (nSPS) is 13.4. The van der Waals surface area contributed by atoms with Gasteiger partial charge in [-0.05, 0) is 12.5 Å². The molecule has 2 aromatic heterocycles. The molecule has 0 spiro atoms. The van der Waals surface area contributed by atoms with Crippen LogP contribution in [0.5, 0.6) is 0 Å². The SMILES string of the molecule is CC(F)c1nnc2cnc(-c3ccc(COC(F)(F)F)cc3)cn12. The molecule has 0 radical (unpaired) electrons. The summed E-state index contributed by atoms with van der Waals surface area (Å²) in [6.45, 7) is 0.789. The van der Waals surface area contributed by atoms with Crippen LogP contribution < -0.4 is 0 Å². The van der Waals surface area contributed by atoms with Gasteiger partial charge in [0.2, 0.25) is 0 Å². The van der Waals surface area contributed by atoms with Crippen LogP contribution in [0.15, 0.2) is 36.7 Å². The van der Waals surface area contributed by atoms with E-state index in [0.717, 1.165) is 0 Å². The molecule has 0 saturated carbocycles. The van der Waals surface area contributed by atoms with Gasteiger partial charge in [0.1, 0.15) is 0 Å². The first-order valence-corrected chi connectivity index (χ1v) is 6.98. The second kappa shape index (κ2) is 6.16. The highest BCUT2D eigenvalue weighted by Crippen LogP contribution is 2.23. The van der Waals surface area contributed by atoms with Crippen molar-refractivity contribution in [2.24, 2.45) is 0 Å². The summed E-state index contributed by atoms with van der Waals surface area (Å²) < 4.78 is 54.9. The molecule has 9 heteroatoms. The van der Waals surface area contributed by atoms with Crippen molar-refractivity contribution < 1.29 is 22.3 Å². The summed E-state index contributed by atoms with van der Waals surface area (Å²) >= 11 is 0. The van der Waals surface area contributed by atoms with Crippen molar-refractivity contribution in [1.29, 1.82) is 0 Å². The lowest BCUT2D eigenvalue weighted by Gasteiger charge is -2.08. The smallest absolute Gasteiger partial charge is 0.287 e. The maximum Gasteiger partial charge on any atom is 0.522 e. The first-order chi connectivity index (χ1) is 11.3. The fourth-order valence-corrected chi connectivity index (χ4v) is 2.18. The van der Waals surface area contributed by atoms with Gasteiger partial charge in [-0.2, -0.15) is 0 Å². The van der Waals surface area contributed by atoms with Gasteiger partial charge in [0.05, 0.1) is 18.5 Å². The van der Waals surface area contributed by atoms with E-state index in [9.17, 15) is 17.6 Å². The first-order valence-electron chi connectivity index (χ1n) is 6.98. The maximum atomic E-state index is 13.5. The summed E-state index contributed by atoms with van der Waals surface area (Å²) in [5, 5.41) is 7.59. The topological polar surface area (TPSA) is 52.3 Å². The minimum atomic E-state index is -4.67. The largest absolute Gasteiger partial charge is 0.522 e. The number of ether oxygens (including phenoxy) is 1. The minimum absolute atomic E-state index is 0.156. The molecule has 0 bridgehead atoms. The Morgan fingerprint density at radius 3 is 2.50 bits per heavy atom. The standard InChI is InChI=1S/C15H12F4N4O/c1-9(16)14-22-21-13-6-20-12(7-23(13)14)11-4-2-10(3-5-11)8-24-15(17,18)19/h2-7,9H,8H2,1H3. The predicted octanol–water partition coefficient (Wildman–Crippen LogP) is 3.86. The number of nitrogens with zero attached hydrogens (tertiary/aromatic N) is 4. The van der Waals surface area contributed by atoms with E-state index in [1.807, 2.05) is 0 Å². The Morgan fingerprint density at radius 1 is 1.17 bits per heavy atom. The summed E-state index contributed by atoms with van der Waals surface area (Å²) in [5.41, 5.74) is 1.97. The van der Waals surface area contributed by atoms with Gasteiger partial charge in [0.25, 0.3) is 0 Å². The highest BCUT2D eigenvalue weighted by Gasteiger charge is 2.28. The molecule has 2 heterocycles. The number of fused-ring (bicyclic) bond motifs is 1. The van der Waals surface area contributed by atoms with Crippen molar-refractivity contribution in [1.82, 2.24) is 19.6 Å². The van der Waals surface area contributed by atoms with Crippen molar-refractivity contribution in [3.05, 3.63) is 48.0 Å². The van der Waals surface area contributed by atoms with Crippen LogP contribution >= 0.6 is 0 Å². The molecule has 0 aliphatic heterocycles. The predicted molar refractivity (Wildman–Crippen MR) is 76.6 cm³/mol. The second-order valence-electron chi connectivity index (χ2n) is 5.11. The summed E-state index contributed by atoms with van der Waals surface area (Å²) in [5.74, 6) is 0.156. The molecular weight excluding hydrogens is 328 g/mol. The molecule has 5 nitrogen and oxygen atoms in total. The zero-order chi connectivity index (χ0) is 17.3. The molecule has 126 valence electrons. The van der Waals surface area contributed by atoms with E-state index in [0.29, 0.717) is 22.5 Å². The van der Waals surface area contributed by atoms with Gasteiger partial charge in [-0.25, -0.2) is 4.39 Å². The molecule has 0 N–H and O–H groups in total. The maximum absolute atomic E-state index is 13.5. The molecular formula is C15H12F4N4O. The van der Waals surface area contributed by atoms with E-state index < -0.39 is 19.1 Å². The van der Waals surface area contributed by atoms with Crippen LogP contribution in [0.3, 0.4) is 0 Å². The van der Waals surface area contributed by atoms with Crippen LogP contribution in [0.1, 0.15) is 24.5 Å². The summed E-state index contributed by atoms with van der Waals surface area (Å²) in [6.07, 6.45) is -2.92. The molecule has 1 unspecified atom stereocenters. The van der Waals surface area contributed by atoms with Crippen LogP contribution in [0.25, 0.3) is 16.9 Å². The molecule has 0 aliphatic rings. The third-order valence-electron chi connectivity index (χ3n) is 3.33. The monoisotopic (exact) mass is 340 g/mol. The van der Waals surface area contributed by atoms with Crippen LogP contribution in [0.4, 0.5) is 17.6 Å². The van der Waals surface area contributed by atoms with Crippen LogP contribution in [-0.2, 0) is 11.3 Å². The molecule has 1 atom stereocenters. The molecule has 0 saturated heterocycles. The Kier molecular flexibility index (Phi) is 4.18. The van der Waals surface area contributed by atoms with Gasteiger partial charge < -0.3 is 0 Å². The van der Waals surface area contributed by atoms with Crippen molar-refractivity contribution in [3.8, 4) is 11.3 Å². The second-order valence-corrected chi connectivity index (χ2v) is 5.11. The number of benzene rings is 1. The number of rotatable bonds is 4. The Morgan fingerprint density at radius 2 is 1.88 bits per heavy atom. The van der Waals surface area contributed by atoms with Gasteiger partial charge in [-0.15, -0.1) is 23.4 Å². The Bertz CT molecular complexity index is 843. The highest BCUT2D eigenvalue weighted by atomic mass is 19.4. The molecule has 3 aromatic rings. The molecule has 24 heavy (non-hydrogen) atoms. The van der Waals surface area contributed by atoms with E-state index in [2.05, 4.69) is 19.9 Å². The zero-order valence-corrected chi connectivity index (χ0v) is 12.5. The van der Waals surface area contributed by atoms with E-state index in [-0.39, 0.29) is 5.82 Å². The van der Waals surface area contributed by atoms with Gasteiger partial charge in [0.15, 0.2) is 17.6 Å².